The van der Waals surface area contributed by atoms with Crippen molar-refractivity contribution in [1.29, 1.82) is 0 Å². The normalized spacial score (nSPS) is 5.56. The van der Waals surface area contributed by atoms with E-state index in [1.165, 1.54) is 25.0 Å². The van der Waals surface area contributed by atoms with Gasteiger partial charge in [0, 0.05) is 32.7 Å². The molecule has 0 N–H and O–H groups in total. The minimum absolute atomic E-state index is 0. The van der Waals surface area contributed by atoms with Crippen LogP contribution >= 0.6 is 11.8 Å². The first-order chi connectivity index (χ1) is 3.83. The van der Waals surface area contributed by atoms with Gasteiger partial charge in [-0.1, -0.05) is 0 Å². The fourth-order valence-corrected chi connectivity index (χ4v) is 0.177. The summed E-state index contributed by atoms with van der Waals surface area (Å²) >= 11 is 1.48. The SMILES string of the molecule is CSC[C-]=O.C[C-]=O.[Y]. The first kappa shape index (κ1) is 16.4. The van der Waals surface area contributed by atoms with E-state index < -0.39 is 0 Å². The van der Waals surface area contributed by atoms with Crippen LogP contribution in [0.25, 0.3) is 0 Å². The van der Waals surface area contributed by atoms with Crippen molar-refractivity contribution in [2.24, 2.45) is 0 Å². The molecule has 0 aliphatic carbocycles. The van der Waals surface area contributed by atoms with Gasteiger partial charge in [0.25, 0.3) is 0 Å². The van der Waals surface area contributed by atoms with E-state index in [0.717, 1.165) is 0 Å². The Morgan fingerprint density at radius 1 is 1.44 bits per heavy atom. The molecule has 0 saturated heterocycles. The van der Waals surface area contributed by atoms with Gasteiger partial charge in [-0.3, -0.25) is 12.6 Å². The number of thioether (sulfide) groups is 1. The molecule has 0 bridgehead atoms. The minimum atomic E-state index is 0. The molecule has 1 radical (unpaired) electrons. The molecule has 0 unspecified atom stereocenters. The quantitative estimate of drug-likeness (QED) is 0.639. The minimum Gasteiger partial charge on any atom is -0.542 e. The topological polar surface area (TPSA) is 34.1 Å². The largest absolute Gasteiger partial charge is 0.542 e. The summed E-state index contributed by atoms with van der Waals surface area (Å²) in [7, 11) is 0. The summed E-state index contributed by atoms with van der Waals surface area (Å²) in [5.41, 5.74) is 0. The second-order valence-electron chi connectivity index (χ2n) is 0.781. The molecular weight excluding hydrogens is 213 g/mol. The molecule has 0 rings (SSSR count). The van der Waals surface area contributed by atoms with Crippen molar-refractivity contribution >= 4 is 24.3 Å². The molecule has 0 amide bonds. The Morgan fingerprint density at radius 2 is 1.78 bits per heavy atom. The third kappa shape index (κ3) is 52.0. The summed E-state index contributed by atoms with van der Waals surface area (Å²) in [6, 6.07) is 0. The predicted octanol–water partition coefficient (Wildman–Crippen LogP) is 0.573. The molecule has 0 spiro atoms. The van der Waals surface area contributed by atoms with Gasteiger partial charge in [-0.2, -0.15) is 18.7 Å². The van der Waals surface area contributed by atoms with Crippen LogP contribution in [0.1, 0.15) is 6.92 Å². The first-order valence-electron chi connectivity index (χ1n) is 1.96. The smallest absolute Gasteiger partial charge is 0 e. The van der Waals surface area contributed by atoms with Crippen molar-refractivity contribution in [3.63, 3.8) is 0 Å². The van der Waals surface area contributed by atoms with E-state index in [0.29, 0.717) is 5.75 Å². The van der Waals surface area contributed by atoms with Gasteiger partial charge in [0.05, 0.1) is 0 Å². The van der Waals surface area contributed by atoms with Crippen LogP contribution in [0.4, 0.5) is 0 Å². The molecule has 0 aromatic rings. The van der Waals surface area contributed by atoms with Crippen molar-refractivity contribution in [2.75, 3.05) is 12.0 Å². The Hall–Kier alpha value is 0.794. The van der Waals surface area contributed by atoms with Gasteiger partial charge in [0.15, 0.2) is 0 Å². The fraction of sp³-hybridized carbons (Fsp3) is 0.600. The molecular formula is C5H8O2SY-2. The number of hydrogen-bond acceptors (Lipinski definition) is 3. The van der Waals surface area contributed by atoms with Crippen LogP contribution in [0.2, 0.25) is 0 Å². The Morgan fingerprint density at radius 3 is 1.78 bits per heavy atom. The standard InChI is InChI=1S/C3H5OS.C2H3O.Y/c1-5-3-2-4;1-2-3;/h3H2,1H3;1H3;/q2*-1;. The summed E-state index contributed by atoms with van der Waals surface area (Å²) in [6.07, 6.45) is 5.10. The van der Waals surface area contributed by atoms with Gasteiger partial charge >= 0.3 is 0 Å². The van der Waals surface area contributed by atoms with Crippen LogP contribution in [-0.2, 0) is 42.3 Å². The predicted molar refractivity (Wildman–Crippen MR) is 35.4 cm³/mol. The van der Waals surface area contributed by atoms with Crippen LogP contribution in [0, 0.1) is 0 Å². The Bertz CT molecular complexity index is 58.9. The second kappa shape index (κ2) is 23.2. The molecule has 0 aromatic heterocycles. The molecule has 2 nitrogen and oxygen atoms in total. The number of rotatable bonds is 2. The van der Waals surface area contributed by atoms with Gasteiger partial charge in [-0.25, -0.2) is 0 Å². The Balaban J connectivity index is -0.0000000800. The zero-order valence-corrected chi connectivity index (χ0v) is 9.16. The molecule has 4 heteroatoms. The maximum atomic E-state index is 9.26. The van der Waals surface area contributed by atoms with Crippen LogP contribution in [0.3, 0.4) is 0 Å². The van der Waals surface area contributed by atoms with E-state index in [-0.39, 0.29) is 32.7 Å². The number of carbonyl (C=O) groups excluding carboxylic acids is 2. The molecule has 0 fully saturated rings. The summed E-state index contributed by atoms with van der Waals surface area (Å²) in [5, 5.41) is 0. The maximum absolute atomic E-state index is 9.26. The van der Waals surface area contributed by atoms with E-state index >= 15 is 0 Å². The summed E-state index contributed by atoms with van der Waals surface area (Å²) in [6.45, 7) is 1.32. The van der Waals surface area contributed by atoms with E-state index in [2.05, 4.69) is 0 Å². The van der Waals surface area contributed by atoms with E-state index in [4.69, 9.17) is 4.79 Å². The van der Waals surface area contributed by atoms with Crippen LogP contribution in [-0.4, -0.2) is 24.6 Å². The van der Waals surface area contributed by atoms with E-state index in [9.17, 15) is 4.79 Å². The van der Waals surface area contributed by atoms with Crippen LogP contribution < -0.4 is 0 Å². The number of hydrogen-bond donors (Lipinski definition) is 0. The molecule has 0 atom stereocenters. The van der Waals surface area contributed by atoms with Crippen molar-refractivity contribution < 1.29 is 42.3 Å². The summed E-state index contributed by atoms with van der Waals surface area (Å²) in [4.78, 5) is 17.9. The zero-order valence-electron chi connectivity index (χ0n) is 5.51. The van der Waals surface area contributed by atoms with Crippen molar-refractivity contribution in [3.05, 3.63) is 0 Å². The van der Waals surface area contributed by atoms with Gasteiger partial charge in [0.2, 0.25) is 0 Å². The van der Waals surface area contributed by atoms with Crippen molar-refractivity contribution in [2.45, 2.75) is 6.92 Å². The van der Waals surface area contributed by atoms with Gasteiger partial charge in [0.1, 0.15) is 0 Å². The Labute approximate surface area is 85.0 Å². The third-order valence-corrected chi connectivity index (χ3v) is 0.610. The van der Waals surface area contributed by atoms with E-state index in [1.54, 1.807) is 6.29 Å². The zero-order chi connectivity index (χ0) is 6.83. The molecule has 0 aliphatic heterocycles. The van der Waals surface area contributed by atoms with Crippen LogP contribution in [0.5, 0.6) is 0 Å². The molecule has 0 aromatic carbocycles. The van der Waals surface area contributed by atoms with Gasteiger partial charge in [-0.05, 0) is 6.26 Å². The average molecular weight is 221 g/mol. The average Bonchev–Trinajstić information content (AvgIpc) is 1.71. The molecule has 0 saturated carbocycles. The van der Waals surface area contributed by atoms with E-state index in [1.807, 2.05) is 6.26 Å². The van der Waals surface area contributed by atoms with Crippen LogP contribution in [0.15, 0.2) is 0 Å². The summed E-state index contributed by atoms with van der Waals surface area (Å²) in [5.74, 6) is 0.500. The first-order valence-corrected chi connectivity index (χ1v) is 3.35. The molecule has 9 heavy (non-hydrogen) atoms. The van der Waals surface area contributed by atoms with Gasteiger partial charge < -0.3 is 9.59 Å². The van der Waals surface area contributed by atoms with Crippen molar-refractivity contribution in [1.82, 2.24) is 0 Å². The maximum Gasteiger partial charge on any atom is 0 e. The Kier molecular flexibility index (Phi) is 42.4. The second-order valence-corrected chi connectivity index (χ2v) is 1.65. The monoisotopic (exact) mass is 221 g/mol. The molecule has 0 aliphatic rings. The third-order valence-electron chi connectivity index (χ3n) is 0.203. The van der Waals surface area contributed by atoms with Crippen molar-refractivity contribution in [3.8, 4) is 0 Å². The molecule has 0 heterocycles. The van der Waals surface area contributed by atoms with Gasteiger partial charge in [-0.15, -0.1) is 5.75 Å². The fourth-order valence-electron chi connectivity index (χ4n) is 0.0589. The molecule has 51 valence electrons. The summed E-state index contributed by atoms with van der Waals surface area (Å²) < 4.78 is 0.